The first kappa shape index (κ1) is 14.7. The molecule has 1 aromatic heterocycles. The number of hydrogen-bond donors (Lipinski definition) is 1. The second kappa shape index (κ2) is 6.55. The standard InChI is InChI=1S/C11H15BrN2O4/c1-13(2)5-6-14(7-10(15)16)11(17)8-3-4-9(12)18-8/h3-4H,5-7H2,1-2H3,(H,15,16). The average Bonchev–Trinajstić information content (AvgIpc) is 2.69. The minimum atomic E-state index is -1.05. The Morgan fingerprint density at radius 1 is 1.33 bits per heavy atom. The van der Waals surface area contributed by atoms with Crippen LogP contribution in [-0.2, 0) is 4.79 Å². The summed E-state index contributed by atoms with van der Waals surface area (Å²) in [5.74, 6) is -1.35. The van der Waals surface area contributed by atoms with Crippen molar-refractivity contribution in [2.75, 3.05) is 33.7 Å². The van der Waals surface area contributed by atoms with E-state index in [4.69, 9.17) is 9.52 Å². The fraction of sp³-hybridized carbons (Fsp3) is 0.455. The van der Waals surface area contributed by atoms with Crippen molar-refractivity contribution >= 4 is 27.8 Å². The third kappa shape index (κ3) is 4.50. The third-order valence-electron chi connectivity index (χ3n) is 2.21. The van der Waals surface area contributed by atoms with Crippen molar-refractivity contribution in [2.24, 2.45) is 0 Å². The van der Waals surface area contributed by atoms with Crippen molar-refractivity contribution in [3.63, 3.8) is 0 Å². The monoisotopic (exact) mass is 318 g/mol. The van der Waals surface area contributed by atoms with Gasteiger partial charge in [0, 0.05) is 13.1 Å². The normalized spacial score (nSPS) is 10.7. The van der Waals surface area contributed by atoms with Crippen molar-refractivity contribution in [1.29, 1.82) is 0 Å². The molecular formula is C11H15BrN2O4. The van der Waals surface area contributed by atoms with Gasteiger partial charge in [0.1, 0.15) is 6.54 Å². The summed E-state index contributed by atoms with van der Waals surface area (Å²) in [5, 5.41) is 8.80. The number of halogens is 1. The molecule has 0 atom stereocenters. The van der Waals surface area contributed by atoms with Gasteiger partial charge in [-0.1, -0.05) is 0 Å². The summed E-state index contributed by atoms with van der Waals surface area (Å²) in [7, 11) is 3.71. The molecule has 0 bridgehead atoms. The summed E-state index contributed by atoms with van der Waals surface area (Å²) in [4.78, 5) is 25.9. The van der Waals surface area contributed by atoms with Crippen LogP contribution in [-0.4, -0.2) is 60.5 Å². The first-order chi connectivity index (χ1) is 8.40. The molecule has 7 heteroatoms. The van der Waals surface area contributed by atoms with E-state index in [1.54, 1.807) is 6.07 Å². The minimum Gasteiger partial charge on any atom is -0.480 e. The number of aliphatic carboxylic acids is 1. The molecular weight excluding hydrogens is 304 g/mol. The molecule has 18 heavy (non-hydrogen) atoms. The molecule has 0 fully saturated rings. The van der Waals surface area contributed by atoms with Gasteiger partial charge in [-0.3, -0.25) is 9.59 Å². The molecule has 0 saturated carbocycles. The van der Waals surface area contributed by atoms with Crippen LogP contribution in [0, 0.1) is 0 Å². The number of likely N-dealkylation sites (N-methyl/N-ethyl adjacent to an activating group) is 1. The van der Waals surface area contributed by atoms with Gasteiger partial charge in [0.25, 0.3) is 5.91 Å². The number of carbonyl (C=O) groups is 2. The zero-order chi connectivity index (χ0) is 13.7. The number of carboxylic acids is 1. The van der Waals surface area contributed by atoms with E-state index in [0.717, 1.165) is 0 Å². The lowest BCUT2D eigenvalue weighted by atomic mass is 10.3. The molecule has 0 aliphatic rings. The Hall–Kier alpha value is -1.34. The van der Waals surface area contributed by atoms with E-state index < -0.39 is 11.9 Å². The summed E-state index contributed by atoms with van der Waals surface area (Å²) in [5.41, 5.74) is 0. The number of hydrogen-bond acceptors (Lipinski definition) is 4. The number of nitrogens with zero attached hydrogens (tertiary/aromatic N) is 2. The fourth-order valence-electron chi connectivity index (χ4n) is 1.32. The minimum absolute atomic E-state index is 0.127. The van der Waals surface area contributed by atoms with E-state index >= 15 is 0 Å². The van der Waals surface area contributed by atoms with Crippen molar-refractivity contribution in [3.8, 4) is 0 Å². The molecule has 0 radical (unpaired) electrons. The topological polar surface area (TPSA) is 74.0 Å². The van der Waals surface area contributed by atoms with E-state index in [0.29, 0.717) is 17.8 Å². The second-order valence-electron chi connectivity index (χ2n) is 4.03. The largest absolute Gasteiger partial charge is 0.480 e. The second-order valence-corrected chi connectivity index (χ2v) is 4.81. The quantitative estimate of drug-likeness (QED) is 0.851. The summed E-state index contributed by atoms with van der Waals surface area (Å²) < 4.78 is 5.57. The lowest BCUT2D eigenvalue weighted by Crippen LogP contribution is -2.39. The van der Waals surface area contributed by atoms with Crippen LogP contribution in [0.2, 0.25) is 0 Å². The average molecular weight is 319 g/mol. The van der Waals surface area contributed by atoms with Crippen molar-refractivity contribution < 1.29 is 19.1 Å². The zero-order valence-electron chi connectivity index (χ0n) is 10.2. The first-order valence-corrected chi connectivity index (χ1v) is 6.10. The lowest BCUT2D eigenvalue weighted by molar-refractivity contribution is -0.137. The van der Waals surface area contributed by atoms with Crippen LogP contribution in [0.3, 0.4) is 0 Å². The van der Waals surface area contributed by atoms with Crippen LogP contribution >= 0.6 is 15.9 Å². The van der Waals surface area contributed by atoms with Gasteiger partial charge in [-0.15, -0.1) is 0 Å². The van der Waals surface area contributed by atoms with Crippen LogP contribution < -0.4 is 0 Å². The molecule has 1 N–H and O–H groups in total. The smallest absolute Gasteiger partial charge is 0.323 e. The first-order valence-electron chi connectivity index (χ1n) is 5.31. The lowest BCUT2D eigenvalue weighted by Gasteiger charge is -2.21. The summed E-state index contributed by atoms with van der Waals surface area (Å²) in [6.45, 7) is 0.572. The van der Waals surface area contributed by atoms with Gasteiger partial charge < -0.3 is 19.3 Å². The number of amides is 1. The van der Waals surface area contributed by atoms with Crippen molar-refractivity contribution in [3.05, 3.63) is 22.6 Å². The van der Waals surface area contributed by atoms with Crippen LogP contribution in [0.4, 0.5) is 0 Å². The SMILES string of the molecule is CN(C)CCN(CC(=O)O)C(=O)c1ccc(Br)o1. The van der Waals surface area contributed by atoms with Crippen LogP contribution in [0.1, 0.15) is 10.6 Å². The highest BCUT2D eigenvalue weighted by Crippen LogP contribution is 2.15. The maximum Gasteiger partial charge on any atom is 0.323 e. The predicted octanol–water partition coefficient (Wildman–Crippen LogP) is 1.13. The highest BCUT2D eigenvalue weighted by Gasteiger charge is 2.21. The Kier molecular flexibility index (Phi) is 5.36. The molecule has 1 heterocycles. The fourth-order valence-corrected chi connectivity index (χ4v) is 1.63. The molecule has 0 aliphatic carbocycles. The molecule has 0 aliphatic heterocycles. The zero-order valence-corrected chi connectivity index (χ0v) is 11.8. The maximum absolute atomic E-state index is 12.0. The van der Waals surface area contributed by atoms with Gasteiger partial charge in [0.2, 0.25) is 0 Å². The molecule has 1 rings (SSSR count). The molecule has 1 aromatic rings. The van der Waals surface area contributed by atoms with E-state index in [1.807, 2.05) is 19.0 Å². The van der Waals surface area contributed by atoms with Crippen LogP contribution in [0.15, 0.2) is 21.2 Å². The van der Waals surface area contributed by atoms with E-state index in [-0.39, 0.29) is 12.3 Å². The molecule has 6 nitrogen and oxygen atoms in total. The maximum atomic E-state index is 12.0. The van der Waals surface area contributed by atoms with E-state index in [1.165, 1.54) is 11.0 Å². The number of furan rings is 1. The Morgan fingerprint density at radius 2 is 2.00 bits per heavy atom. The van der Waals surface area contributed by atoms with Gasteiger partial charge in [-0.2, -0.15) is 0 Å². The highest BCUT2D eigenvalue weighted by atomic mass is 79.9. The van der Waals surface area contributed by atoms with Gasteiger partial charge in [-0.25, -0.2) is 0 Å². The summed E-state index contributed by atoms with van der Waals surface area (Å²) in [6, 6.07) is 3.11. The van der Waals surface area contributed by atoms with Gasteiger partial charge in [-0.05, 0) is 42.2 Å². The van der Waals surface area contributed by atoms with Gasteiger partial charge in [0.15, 0.2) is 10.4 Å². The molecule has 0 unspecified atom stereocenters. The van der Waals surface area contributed by atoms with Crippen molar-refractivity contribution in [2.45, 2.75) is 0 Å². The number of carbonyl (C=O) groups excluding carboxylic acids is 1. The Labute approximate surface area is 113 Å². The van der Waals surface area contributed by atoms with Gasteiger partial charge in [0.05, 0.1) is 0 Å². The number of rotatable bonds is 6. The summed E-state index contributed by atoms with van der Waals surface area (Å²) in [6.07, 6.45) is 0. The Morgan fingerprint density at radius 3 is 2.44 bits per heavy atom. The molecule has 0 aromatic carbocycles. The third-order valence-corrected chi connectivity index (χ3v) is 2.64. The summed E-state index contributed by atoms with van der Waals surface area (Å²) >= 11 is 3.10. The number of carboxylic acid groups (broad SMARTS) is 1. The van der Waals surface area contributed by atoms with Gasteiger partial charge >= 0.3 is 5.97 Å². The molecule has 0 spiro atoms. The van der Waals surface area contributed by atoms with E-state index in [2.05, 4.69) is 15.9 Å². The van der Waals surface area contributed by atoms with E-state index in [9.17, 15) is 9.59 Å². The van der Waals surface area contributed by atoms with Crippen LogP contribution in [0.5, 0.6) is 0 Å². The Bertz CT molecular complexity index is 430. The highest BCUT2D eigenvalue weighted by molar-refractivity contribution is 9.10. The molecule has 100 valence electrons. The van der Waals surface area contributed by atoms with Crippen LogP contribution in [0.25, 0.3) is 0 Å². The predicted molar refractivity (Wildman–Crippen MR) is 68.5 cm³/mol. The molecule has 0 saturated heterocycles. The Balaban J connectivity index is 2.75. The van der Waals surface area contributed by atoms with Crippen molar-refractivity contribution in [1.82, 2.24) is 9.80 Å². The molecule has 1 amide bonds.